The van der Waals surface area contributed by atoms with Crippen LogP contribution in [0.25, 0.3) is 17.1 Å². The van der Waals surface area contributed by atoms with Crippen molar-refractivity contribution in [3.63, 3.8) is 0 Å². The number of hydrazone groups is 1. The second-order valence-corrected chi connectivity index (χ2v) is 8.67. The van der Waals surface area contributed by atoms with Gasteiger partial charge in [0.15, 0.2) is 0 Å². The lowest BCUT2D eigenvalue weighted by molar-refractivity contribution is -0.625. The highest BCUT2D eigenvalue weighted by Gasteiger charge is 2.24. The Morgan fingerprint density at radius 2 is 1.78 bits per heavy atom. The number of carbonyl (C=O) groups is 1. The molecule has 3 aromatic carbocycles. The smallest absolute Gasteiger partial charge is 0.342 e. The van der Waals surface area contributed by atoms with E-state index in [4.69, 9.17) is 9.47 Å². The zero-order chi connectivity index (χ0) is 25.5. The van der Waals surface area contributed by atoms with Gasteiger partial charge in [-0.25, -0.2) is 5.43 Å². The Kier molecular flexibility index (Phi) is 7.86. The molecule has 1 aromatic heterocycles. The molecule has 0 bridgehead atoms. The molecule has 0 aliphatic rings. The van der Waals surface area contributed by atoms with Crippen LogP contribution in [0.2, 0.25) is 0 Å². The van der Waals surface area contributed by atoms with Gasteiger partial charge in [0, 0.05) is 5.56 Å². The number of nitrogens with one attached hydrogen (secondary N) is 2. The Balaban J connectivity index is 1.48. The topological polar surface area (TPSA) is 116 Å². The summed E-state index contributed by atoms with van der Waals surface area (Å²) < 4.78 is 12.1. The van der Waals surface area contributed by atoms with E-state index < -0.39 is 0 Å². The molecule has 0 aliphatic carbocycles. The standard InChI is InChI=1S/C26H25N5O4S/c1-17-9-11-20(12-10-17)31-25(19-7-5-4-6-8-19)29-30-26(31)36-16-23(32)28-27-15-18-13-21(34-2)24(33)22(14-18)35-3/h4-15H,16H2,1-3H3,(H2,27,28,32,33). The average Bonchev–Trinajstić information content (AvgIpc) is 3.33. The third-order valence-electron chi connectivity index (χ3n) is 5.23. The average molecular weight is 504 g/mol. The summed E-state index contributed by atoms with van der Waals surface area (Å²) in [6.07, 6.45) is 1.42. The molecule has 0 spiro atoms. The van der Waals surface area contributed by atoms with E-state index in [-0.39, 0.29) is 28.9 Å². The maximum absolute atomic E-state index is 12.5. The molecule has 0 radical (unpaired) electrons. The van der Waals surface area contributed by atoms with E-state index in [1.807, 2.05) is 66.1 Å². The van der Waals surface area contributed by atoms with E-state index in [2.05, 4.69) is 20.7 Å². The summed E-state index contributed by atoms with van der Waals surface area (Å²) in [5.41, 5.74) is 6.10. The van der Waals surface area contributed by atoms with Crippen LogP contribution in [0.3, 0.4) is 0 Å². The number of ether oxygens (including phenoxy) is 2. The van der Waals surface area contributed by atoms with Crippen LogP contribution in [0.15, 0.2) is 77.0 Å². The Morgan fingerprint density at radius 1 is 1.11 bits per heavy atom. The van der Waals surface area contributed by atoms with Gasteiger partial charge < -0.3 is 14.6 Å². The SMILES string of the molecule is COc1cc(C=NNC(=O)CSc2n[nH]c(-c3ccccc3)[n+]2-c2ccc(C)cc2)cc(OC)c1[O-]. The van der Waals surface area contributed by atoms with Crippen molar-refractivity contribution in [1.82, 2.24) is 15.6 Å². The van der Waals surface area contributed by atoms with Gasteiger partial charge in [-0.3, -0.25) is 4.79 Å². The van der Waals surface area contributed by atoms with Gasteiger partial charge in [-0.1, -0.05) is 35.9 Å². The van der Waals surface area contributed by atoms with Crippen LogP contribution in [0.5, 0.6) is 17.2 Å². The van der Waals surface area contributed by atoms with Crippen molar-refractivity contribution in [3.8, 4) is 34.3 Å². The number of methoxy groups -OCH3 is 2. The Morgan fingerprint density at radius 3 is 2.42 bits per heavy atom. The molecule has 0 saturated heterocycles. The van der Waals surface area contributed by atoms with Gasteiger partial charge in [0.05, 0.1) is 36.8 Å². The Hall–Kier alpha value is -4.31. The first kappa shape index (κ1) is 24.8. The molecule has 0 unspecified atom stereocenters. The van der Waals surface area contributed by atoms with Crippen molar-refractivity contribution in [2.75, 3.05) is 20.0 Å². The Labute approximate surface area is 212 Å². The zero-order valence-corrected chi connectivity index (χ0v) is 20.8. The van der Waals surface area contributed by atoms with Crippen molar-refractivity contribution >= 4 is 23.9 Å². The minimum Gasteiger partial charge on any atom is -0.867 e. The maximum Gasteiger partial charge on any atom is 0.342 e. The lowest BCUT2D eigenvalue weighted by Crippen LogP contribution is -2.34. The molecule has 9 nitrogen and oxygen atoms in total. The van der Waals surface area contributed by atoms with Crippen LogP contribution >= 0.6 is 11.8 Å². The van der Waals surface area contributed by atoms with Gasteiger partial charge in [0.1, 0.15) is 17.2 Å². The van der Waals surface area contributed by atoms with Gasteiger partial charge in [-0.2, -0.15) is 9.67 Å². The highest BCUT2D eigenvalue weighted by molar-refractivity contribution is 7.99. The summed E-state index contributed by atoms with van der Waals surface area (Å²) in [6.45, 7) is 2.03. The van der Waals surface area contributed by atoms with Gasteiger partial charge in [0.25, 0.3) is 11.7 Å². The number of hydrogen-bond donors (Lipinski definition) is 2. The highest BCUT2D eigenvalue weighted by atomic mass is 32.2. The molecule has 4 rings (SSSR count). The van der Waals surface area contributed by atoms with Crippen LogP contribution in [-0.4, -0.2) is 42.3 Å². The molecule has 1 amide bonds. The summed E-state index contributed by atoms with van der Waals surface area (Å²) in [6, 6.07) is 21.0. The predicted molar refractivity (Wildman–Crippen MR) is 136 cm³/mol. The lowest BCUT2D eigenvalue weighted by atomic mass is 10.2. The highest BCUT2D eigenvalue weighted by Crippen LogP contribution is 2.34. The molecular formula is C26H25N5O4S. The molecule has 0 aliphatic heterocycles. The summed E-state index contributed by atoms with van der Waals surface area (Å²) >= 11 is 1.28. The second-order valence-electron chi connectivity index (χ2n) is 7.73. The number of amides is 1. The molecule has 36 heavy (non-hydrogen) atoms. The Bertz CT molecular complexity index is 1350. The van der Waals surface area contributed by atoms with E-state index in [9.17, 15) is 9.90 Å². The number of aromatic amines is 1. The molecule has 0 fully saturated rings. The number of H-pyrrole nitrogens is 1. The van der Waals surface area contributed by atoms with E-state index in [1.165, 1.54) is 44.3 Å². The van der Waals surface area contributed by atoms with Crippen LogP contribution in [0.4, 0.5) is 0 Å². The minimum atomic E-state index is -0.353. The van der Waals surface area contributed by atoms with E-state index in [0.29, 0.717) is 10.7 Å². The fraction of sp³-hybridized carbons (Fsp3) is 0.154. The zero-order valence-electron chi connectivity index (χ0n) is 20.0. The van der Waals surface area contributed by atoms with E-state index in [1.54, 1.807) is 0 Å². The van der Waals surface area contributed by atoms with Gasteiger partial charge >= 0.3 is 5.16 Å². The van der Waals surface area contributed by atoms with Crippen molar-refractivity contribution in [1.29, 1.82) is 0 Å². The lowest BCUT2D eigenvalue weighted by Gasteiger charge is -2.17. The maximum atomic E-state index is 12.5. The minimum absolute atomic E-state index is 0.0917. The van der Waals surface area contributed by atoms with Crippen LogP contribution in [0, 0.1) is 6.92 Å². The number of aromatic nitrogens is 3. The van der Waals surface area contributed by atoms with Crippen LogP contribution in [-0.2, 0) is 4.79 Å². The van der Waals surface area contributed by atoms with Crippen molar-refractivity contribution in [3.05, 3.63) is 77.9 Å². The van der Waals surface area contributed by atoms with Crippen molar-refractivity contribution in [2.24, 2.45) is 5.10 Å². The molecule has 4 aromatic rings. The largest absolute Gasteiger partial charge is 0.867 e. The predicted octanol–water partition coefficient (Wildman–Crippen LogP) is 3.00. The molecular weight excluding hydrogens is 478 g/mol. The van der Waals surface area contributed by atoms with E-state index >= 15 is 0 Å². The first-order chi connectivity index (χ1) is 17.5. The molecule has 10 heteroatoms. The molecule has 2 N–H and O–H groups in total. The second kappa shape index (κ2) is 11.4. The van der Waals surface area contributed by atoms with Crippen LogP contribution < -0.4 is 24.6 Å². The third-order valence-corrected chi connectivity index (χ3v) is 6.17. The first-order valence-electron chi connectivity index (χ1n) is 11.0. The quantitative estimate of drug-likeness (QED) is 0.157. The van der Waals surface area contributed by atoms with Crippen molar-refractivity contribution in [2.45, 2.75) is 12.1 Å². The monoisotopic (exact) mass is 503 g/mol. The first-order valence-corrected chi connectivity index (χ1v) is 12.0. The number of benzene rings is 3. The number of rotatable bonds is 9. The van der Waals surface area contributed by atoms with E-state index in [0.717, 1.165) is 22.6 Å². The number of thioether (sulfide) groups is 1. The van der Waals surface area contributed by atoms with Gasteiger partial charge in [-0.15, -0.1) is 5.10 Å². The number of carbonyl (C=O) groups excluding carboxylic acids is 1. The van der Waals surface area contributed by atoms with Crippen LogP contribution in [0.1, 0.15) is 11.1 Å². The summed E-state index contributed by atoms with van der Waals surface area (Å²) in [5.74, 6) is 0.500. The number of aryl methyl sites for hydroxylation is 1. The summed E-state index contributed by atoms with van der Waals surface area (Å²) in [5, 5.41) is 24.2. The third kappa shape index (κ3) is 5.66. The summed E-state index contributed by atoms with van der Waals surface area (Å²) in [4.78, 5) is 12.5. The van der Waals surface area contributed by atoms with Gasteiger partial charge in [-0.05, 0) is 60.8 Å². The molecule has 1 heterocycles. The molecule has 184 valence electrons. The molecule has 0 atom stereocenters. The van der Waals surface area contributed by atoms with Crippen molar-refractivity contribution < 1.29 is 23.9 Å². The fourth-order valence-electron chi connectivity index (χ4n) is 3.43. The fourth-order valence-corrected chi connectivity index (χ4v) is 4.19. The number of hydrogen-bond acceptors (Lipinski definition) is 7. The summed E-state index contributed by atoms with van der Waals surface area (Å²) in [7, 11) is 2.80. The normalized spacial score (nSPS) is 11.0. The number of nitrogens with zero attached hydrogens (tertiary/aromatic N) is 3. The van der Waals surface area contributed by atoms with Gasteiger partial charge in [0.2, 0.25) is 0 Å². The molecule has 0 saturated carbocycles.